The van der Waals surface area contributed by atoms with E-state index in [4.69, 9.17) is 50.1 Å². The second kappa shape index (κ2) is 17.9. The molecule has 21 heteroatoms. The molecule has 2 aliphatic heterocycles. The summed E-state index contributed by atoms with van der Waals surface area (Å²) < 4.78 is 47.1. The summed E-state index contributed by atoms with van der Waals surface area (Å²) in [5.74, 6) is 9.25. The topological polar surface area (TPSA) is 262 Å². The molecule has 4 aromatic heterocycles. The van der Waals surface area contributed by atoms with E-state index in [2.05, 4.69) is 41.7 Å². The van der Waals surface area contributed by atoms with Crippen LogP contribution in [0.2, 0.25) is 0 Å². The number of hydrogen-bond donors (Lipinski definition) is 5. The summed E-state index contributed by atoms with van der Waals surface area (Å²) in [5.41, 5.74) is 9.38. The Morgan fingerprint density at radius 3 is 1.46 bits per heavy atom. The molecule has 8 aliphatic carbocycles. The zero-order valence-corrected chi connectivity index (χ0v) is 38.8. The molecule has 0 unspecified atom stereocenters. The lowest BCUT2D eigenvalue weighted by Crippen LogP contribution is -2.47. The van der Waals surface area contributed by atoms with E-state index in [1.54, 1.807) is 0 Å². The Labute approximate surface area is 401 Å². The van der Waals surface area contributed by atoms with Crippen molar-refractivity contribution in [3.63, 3.8) is 0 Å². The molecule has 10 fully saturated rings. The van der Waals surface area contributed by atoms with Gasteiger partial charge < -0.3 is 41.0 Å². The molecule has 368 valence electrons. The molecule has 6 atom stereocenters. The lowest BCUT2D eigenvalue weighted by molar-refractivity contribution is -0.163. The molecule has 4 aromatic rings. The molecule has 8 saturated carbocycles. The monoisotopic (exact) mass is 974 g/mol. The number of carbonyl (C=O) groups excluding carboxylic acids is 2. The number of aliphatic hydroxyl groups excluding tert-OH is 3. The van der Waals surface area contributed by atoms with E-state index in [0.717, 1.165) is 54.8 Å². The van der Waals surface area contributed by atoms with Gasteiger partial charge in [-0.1, -0.05) is 11.8 Å². The molecular weight excluding hydrogens is 918 g/mol. The van der Waals surface area contributed by atoms with Crippen LogP contribution in [0.15, 0.2) is 12.7 Å². The number of nitrogens with two attached hydrogens (primary N) is 2. The van der Waals surface area contributed by atoms with Crippen molar-refractivity contribution in [1.29, 1.82) is 0 Å². The van der Waals surface area contributed by atoms with Crippen LogP contribution >= 0.6 is 11.6 Å². The number of carbonyl (C=O) groups is 2. The summed E-state index contributed by atoms with van der Waals surface area (Å²) in [4.78, 5) is 46.4. The predicted molar refractivity (Wildman–Crippen MR) is 243 cm³/mol. The van der Waals surface area contributed by atoms with Crippen molar-refractivity contribution in [1.82, 2.24) is 39.0 Å². The first-order valence-corrected chi connectivity index (χ1v) is 24.2. The quantitative estimate of drug-likeness (QED) is 0.0647. The number of anilines is 2. The van der Waals surface area contributed by atoms with Gasteiger partial charge in [-0.2, -0.15) is 28.7 Å². The first kappa shape index (κ1) is 47.6. The number of ether oxygens (including phenoxy) is 3. The van der Waals surface area contributed by atoms with Crippen molar-refractivity contribution in [2.24, 2.45) is 46.3 Å². The summed E-state index contributed by atoms with van der Waals surface area (Å²) in [6.07, 6.45) is 24.7. The van der Waals surface area contributed by atoms with E-state index >= 15 is 0 Å². The van der Waals surface area contributed by atoms with Crippen LogP contribution in [-0.4, -0.2) is 102 Å². The number of imidazole rings is 2. The normalized spacial score (nSPS) is 37.7. The molecule has 8 bridgehead atoms. The van der Waals surface area contributed by atoms with Gasteiger partial charge in [0.1, 0.15) is 31.3 Å². The van der Waals surface area contributed by atoms with Gasteiger partial charge in [0, 0.05) is 19.3 Å². The maximum atomic E-state index is 13.7. The Hall–Kier alpha value is -5.09. The van der Waals surface area contributed by atoms with Gasteiger partial charge in [-0.15, -0.1) is 12.8 Å². The maximum Gasteiger partial charge on any atom is 0.312 e. The van der Waals surface area contributed by atoms with Crippen LogP contribution in [-0.2, 0) is 23.8 Å². The van der Waals surface area contributed by atoms with Crippen LogP contribution in [0.3, 0.4) is 0 Å². The van der Waals surface area contributed by atoms with Crippen molar-refractivity contribution in [2.45, 2.75) is 139 Å². The first-order valence-electron chi connectivity index (χ1n) is 23.9. The minimum Gasteiger partial charge on any atom is -0.461 e. The summed E-state index contributed by atoms with van der Waals surface area (Å²) >= 11 is 5.57. The third kappa shape index (κ3) is 8.90. The number of hydrogen-bond acceptors (Lipinski definition) is 16. The highest BCUT2D eigenvalue weighted by molar-refractivity contribution is 6.63. The van der Waals surface area contributed by atoms with E-state index in [1.165, 1.54) is 79.6 Å². The van der Waals surface area contributed by atoms with E-state index in [0.29, 0.717) is 18.3 Å². The van der Waals surface area contributed by atoms with Crippen LogP contribution < -0.4 is 11.5 Å². The minimum atomic E-state index is -1.52. The zero-order valence-electron chi connectivity index (χ0n) is 38.1. The number of aromatic nitrogens is 8. The van der Waals surface area contributed by atoms with Gasteiger partial charge in [0.2, 0.25) is 5.24 Å². The Morgan fingerprint density at radius 2 is 1.09 bits per heavy atom. The highest BCUT2D eigenvalue weighted by Gasteiger charge is 2.54. The van der Waals surface area contributed by atoms with Crippen molar-refractivity contribution < 1.29 is 47.9 Å². The van der Waals surface area contributed by atoms with E-state index in [9.17, 15) is 33.7 Å². The number of nitrogen functional groups attached to an aromatic ring is 2. The second-order valence-corrected chi connectivity index (χ2v) is 21.9. The number of aliphatic hydroxyl groups is 3. The molecule has 69 heavy (non-hydrogen) atoms. The molecule has 0 aromatic carbocycles. The molecule has 10 aliphatic rings. The minimum absolute atomic E-state index is 0.0479. The Bertz CT molecular complexity index is 2670. The number of esters is 1. The van der Waals surface area contributed by atoms with Gasteiger partial charge >= 0.3 is 18.1 Å². The first-order chi connectivity index (χ1) is 32.9. The smallest absolute Gasteiger partial charge is 0.312 e. The Morgan fingerprint density at radius 1 is 0.696 bits per heavy atom. The van der Waals surface area contributed by atoms with Gasteiger partial charge in [0.05, 0.1) is 25.7 Å². The number of fused-ring (bicyclic) bond motifs is 2. The number of rotatable bonds is 9. The van der Waals surface area contributed by atoms with Gasteiger partial charge in [-0.3, -0.25) is 18.7 Å². The molecule has 0 radical (unpaired) electrons. The fourth-order valence-electron chi connectivity index (χ4n) is 14.6. The summed E-state index contributed by atoms with van der Waals surface area (Å²) in [7, 11) is 0. The van der Waals surface area contributed by atoms with Crippen molar-refractivity contribution in [3.05, 3.63) is 24.8 Å². The zero-order chi connectivity index (χ0) is 48.6. The molecule has 6 heterocycles. The van der Waals surface area contributed by atoms with E-state index < -0.39 is 54.6 Å². The van der Waals surface area contributed by atoms with Crippen LogP contribution in [0.1, 0.15) is 115 Å². The average molecular weight is 975 g/mol. The lowest BCUT2D eigenvalue weighted by atomic mass is 9.49. The van der Waals surface area contributed by atoms with Gasteiger partial charge in [0.15, 0.2) is 45.2 Å². The van der Waals surface area contributed by atoms with Crippen LogP contribution in [0.25, 0.3) is 22.3 Å². The highest BCUT2D eigenvalue weighted by Crippen LogP contribution is 2.62. The molecule has 18 nitrogen and oxygen atoms in total. The van der Waals surface area contributed by atoms with E-state index in [-0.39, 0.29) is 70.0 Å². The molecule has 0 spiro atoms. The van der Waals surface area contributed by atoms with Crippen LogP contribution in [0.4, 0.5) is 20.4 Å². The molecular formula is C48H57ClF2N10O8. The number of nitrogens with zero attached hydrogens (tertiary/aromatic N) is 8. The number of halogens is 3. The van der Waals surface area contributed by atoms with Crippen molar-refractivity contribution in [2.75, 3.05) is 24.7 Å². The van der Waals surface area contributed by atoms with Gasteiger partial charge in [-0.25, -0.2) is 9.97 Å². The fraction of sp³-hybridized carbons (Fsp3) is 0.667. The van der Waals surface area contributed by atoms with Crippen molar-refractivity contribution >= 4 is 56.8 Å². The summed E-state index contributed by atoms with van der Waals surface area (Å²) in [6.45, 7) is -0.802. The second-order valence-electron chi connectivity index (χ2n) is 21.5. The molecule has 0 amide bonds. The Balaban J connectivity index is 0.000000134. The third-order valence-electron chi connectivity index (χ3n) is 16.6. The molecule has 7 N–H and O–H groups in total. The third-order valence-corrected chi connectivity index (χ3v) is 16.7. The molecule has 14 rings (SSSR count). The van der Waals surface area contributed by atoms with Gasteiger partial charge in [0.25, 0.3) is 0 Å². The SMILES string of the molecule is C#C[C@]1(CO)O[C@@H](n2cnc3c(N)nc(F)nc32)C[C@@H]1O.C#C[C@]1(COC(=O)CC23CC4CC(CC(C4)C2)C3)O[C@@H](n2cnc3c(N)nc(F)nc32)C[C@@H]1O.O=C(Cl)CC12CC3CC(CC(C3)C1)C2. The number of terminal acetylenes is 2. The summed E-state index contributed by atoms with van der Waals surface area (Å²) in [6, 6.07) is 0. The summed E-state index contributed by atoms with van der Waals surface area (Å²) in [5, 5.41) is 30.0. The maximum absolute atomic E-state index is 13.7. The lowest BCUT2D eigenvalue weighted by Gasteiger charge is -2.56. The van der Waals surface area contributed by atoms with Gasteiger partial charge in [-0.05, 0) is 135 Å². The predicted octanol–water partition coefficient (Wildman–Crippen LogP) is 4.90. The van der Waals surface area contributed by atoms with Crippen LogP contribution in [0, 0.1) is 83.2 Å². The van der Waals surface area contributed by atoms with E-state index in [1.807, 2.05) is 0 Å². The Kier molecular flexibility index (Phi) is 12.4. The highest BCUT2D eigenvalue weighted by atomic mass is 35.5. The van der Waals surface area contributed by atoms with Crippen LogP contribution in [0.5, 0.6) is 0 Å². The standard InChI is InChI=1S/C24H28FN5O4.C12H17ClO.C12H12FN5O3/c1-2-24(11-33-18(32)10-23-7-13-3-14(8-23)5-15(4-13)9-23)16(31)6-17(34-24)30-12-27-19-20(26)28-22(25)29-21(19)30;13-11(14)7-12-4-8-1-9(5-12)3-10(2-8)6-12;1-2-12(4-19)6(20)3-7(21-12)18-5-15-8-9(14)16-11(13)17-10(8)18/h1,12-17,31H,3-11H2,(H2,26,28,29);8-10H,1-7H2;1,5-7,19-20H,3-4H2,(H2,14,16,17)/t13?,14?,15?,16-,17+,23?,24+;;6-,7+,12+/m0.0/s1. The molecule has 2 saturated heterocycles. The average Bonchev–Trinajstić information content (AvgIpc) is 4.05. The largest absolute Gasteiger partial charge is 0.461 e. The fourth-order valence-corrected chi connectivity index (χ4v) is 14.8. The van der Waals surface area contributed by atoms with Crippen molar-refractivity contribution in [3.8, 4) is 24.7 Å².